The van der Waals surface area contributed by atoms with Crippen LogP contribution in [0.3, 0.4) is 0 Å². The number of likely N-dealkylation sites (tertiary alicyclic amines) is 1. The third kappa shape index (κ3) is 3.75. The molecule has 1 saturated heterocycles. The first-order valence-corrected chi connectivity index (χ1v) is 7.66. The van der Waals surface area contributed by atoms with Crippen LogP contribution in [0.25, 0.3) is 0 Å². The standard InChI is InChI=1S/C16H25N3O3/c1-12-14(18(2)8-9-20)5-7-19(12)16(21)11-13-4-6-17-15(10-13)22-3/h4,6,10,12,14,20H,5,7-9,11H2,1-3H3/t12-,14-/m1/s1. The number of hydrogen-bond acceptors (Lipinski definition) is 5. The number of hydrogen-bond donors (Lipinski definition) is 1. The molecule has 6 nitrogen and oxygen atoms in total. The van der Waals surface area contributed by atoms with E-state index in [9.17, 15) is 4.79 Å². The molecular formula is C16H25N3O3. The lowest BCUT2D eigenvalue weighted by Crippen LogP contribution is -2.45. The van der Waals surface area contributed by atoms with E-state index >= 15 is 0 Å². The van der Waals surface area contributed by atoms with Crippen LogP contribution >= 0.6 is 0 Å². The van der Waals surface area contributed by atoms with Crippen molar-refractivity contribution in [2.24, 2.45) is 0 Å². The summed E-state index contributed by atoms with van der Waals surface area (Å²) < 4.78 is 5.09. The first-order valence-electron chi connectivity index (χ1n) is 7.66. The normalized spacial score (nSPS) is 21.4. The molecule has 1 aliphatic rings. The van der Waals surface area contributed by atoms with Crippen LogP contribution in [0.4, 0.5) is 0 Å². The number of pyridine rings is 1. The Morgan fingerprint density at radius 3 is 3.05 bits per heavy atom. The van der Waals surface area contributed by atoms with Crippen molar-refractivity contribution in [3.05, 3.63) is 23.9 Å². The van der Waals surface area contributed by atoms with Crippen LogP contribution in [0.15, 0.2) is 18.3 Å². The smallest absolute Gasteiger partial charge is 0.227 e. The number of likely N-dealkylation sites (N-methyl/N-ethyl adjacent to an activating group) is 1. The Kier molecular flexibility index (Phi) is 5.74. The lowest BCUT2D eigenvalue weighted by atomic mass is 10.1. The van der Waals surface area contributed by atoms with E-state index < -0.39 is 0 Å². The Morgan fingerprint density at radius 2 is 2.36 bits per heavy atom. The molecule has 1 aliphatic heterocycles. The fraction of sp³-hybridized carbons (Fsp3) is 0.625. The zero-order valence-corrected chi connectivity index (χ0v) is 13.5. The lowest BCUT2D eigenvalue weighted by Gasteiger charge is -2.30. The Labute approximate surface area is 131 Å². The van der Waals surface area contributed by atoms with Gasteiger partial charge in [0.05, 0.1) is 20.1 Å². The summed E-state index contributed by atoms with van der Waals surface area (Å²) in [7, 11) is 3.57. The van der Waals surface area contributed by atoms with Crippen molar-refractivity contribution in [3.8, 4) is 5.88 Å². The number of amides is 1. The van der Waals surface area contributed by atoms with Crippen LogP contribution in [-0.2, 0) is 11.2 Å². The van der Waals surface area contributed by atoms with Crippen molar-refractivity contribution in [1.82, 2.24) is 14.8 Å². The van der Waals surface area contributed by atoms with Crippen molar-refractivity contribution in [3.63, 3.8) is 0 Å². The summed E-state index contributed by atoms with van der Waals surface area (Å²) in [6.45, 7) is 3.63. The van der Waals surface area contributed by atoms with Crippen molar-refractivity contribution in [2.45, 2.75) is 31.8 Å². The highest BCUT2D eigenvalue weighted by Gasteiger charge is 2.35. The van der Waals surface area contributed by atoms with Gasteiger partial charge in [-0.3, -0.25) is 9.69 Å². The molecule has 0 aliphatic carbocycles. The predicted octanol–water partition coefficient (Wildman–Crippen LogP) is 0.546. The maximum absolute atomic E-state index is 12.5. The second kappa shape index (κ2) is 7.56. The van der Waals surface area contributed by atoms with Crippen LogP contribution in [0, 0.1) is 0 Å². The summed E-state index contributed by atoms with van der Waals surface area (Å²) in [5.41, 5.74) is 0.913. The minimum absolute atomic E-state index is 0.126. The van der Waals surface area contributed by atoms with E-state index in [0.29, 0.717) is 24.9 Å². The van der Waals surface area contributed by atoms with Gasteiger partial charge in [-0.15, -0.1) is 0 Å². The fourth-order valence-electron chi connectivity index (χ4n) is 3.14. The average molecular weight is 307 g/mol. The summed E-state index contributed by atoms with van der Waals surface area (Å²) in [5, 5.41) is 9.06. The highest BCUT2D eigenvalue weighted by Crippen LogP contribution is 2.23. The molecule has 0 bridgehead atoms. The van der Waals surface area contributed by atoms with Crippen LogP contribution in [-0.4, -0.2) is 71.7 Å². The number of aromatic nitrogens is 1. The maximum atomic E-state index is 12.5. The zero-order valence-electron chi connectivity index (χ0n) is 13.5. The van der Waals surface area contributed by atoms with Gasteiger partial charge in [0.25, 0.3) is 0 Å². The van der Waals surface area contributed by atoms with Crippen LogP contribution < -0.4 is 4.74 Å². The minimum Gasteiger partial charge on any atom is -0.481 e. The maximum Gasteiger partial charge on any atom is 0.227 e. The molecule has 1 amide bonds. The molecule has 122 valence electrons. The molecule has 2 rings (SSSR count). The predicted molar refractivity (Wildman–Crippen MR) is 83.8 cm³/mol. The molecule has 1 N–H and O–H groups in total. The summed E-state index contributed by atoms with van der Waals surface area (Å²) in [5.74, 6) is 0.654. The van der Waals surface area contributed by atoms with Gasteiger partial charge in [0.1, 0.15) is 0 Å². The molecule has 6 heteroatoms. The van der Waals surface area contributed by atoms with Gasteiger partial charge in [0, 0.05) is 37.4 Å². The molecule has 0 saturated carbocycles. The number of carbonyl (C=O) groups is 1. The number of methoxy groups -OCH3 is 1. The molecule has 0 aromatic carbocycles. The lowest BCUT2D eigenvalue weighted by molar-refractivity contribution is -0.131. The third-order valence-electron chi connectivity index (χ3n) is 4.42. The van der Waals surface area contributed by atoms with E-state index in [4.69, 9.17) is 9.84 Å². The second-order valence-corrected chi connectivity index (χ2v) is 5.77. The van der Waals surface area contributed by atoms with E-state index in [-0.39, 0.29) is 18.6 Å². The van der Waals surface area contributed by atoms with Gasteiger partial charge in [-0.1, -0.05) is 0 Å². The third-order valence-corrected chi connectivity index (χ3v) is 4.42. The monoisotopic (exact) mass is 307 g/mol. The van der Waals surface area contributed by atoms with Gasteiger partial charge < -0.3 is 14.7 Å². The van der Waals surface area contributed by atoms with Crippen molar-refractivity contribution in [2.75, 3.05) is 33.9 Å². The van der Waals surface area contributed by atoms with Crippen LogP contribution in [0.5, 0.6) is 5.88 Å². The summed E-state index contributed by atoms with van der Waals surface area (Å²) >= 11 is 0. The largest absolute Gasteiger partial charge is 0.481 e. The van der Waals surface area contributed by atoms with E-state index in [1.165, 1.54) is 0 Å². The summed E-state index contributed by atoms with van der Waals surface area (Å²) in [6, 6.07) is 4.11. The Bertz CT molecular complexity index is 509. The fourth-order valence-corrected chi connectivity index (χ4v) is 3.14. The molecule has 0 radical (unpaired) electrons. The van der Waals surface area contributed by atoms with Gasteiger partial charge in [0.15, 0.2) is 0 Å². The minimum atomic E-state index is 0.126. The number of aliphatic hydroxyl groups excluding tert-OH is 1. The van der Waals surface area contributed by atoms with Crippen molar-refractivity contribution in [1.29, 1.82) is 0 Å². The first kappa shape index (κ1) is 16.7. The second-order valence-electron chi connectivity index (χ2n) is 5.77. The van der Waals surface area contributed by atoms with E-state index in [1.54, 1.807) is 19.4 Å². The highest BCUT2D eigenvalue weighted by atomic mass is 16.5. The van der Waals surface area contributed by atoms with Crippen molar-refractivity contribution >= 4 is 5.91 Å². The van der Waals surface area contributed by atoms with E-state index in [1.807, 2.05) is 18.0 Å². The molecule has 1 aromatic heterocycles. The molecule has 0 spiro atoms. The number of rotatable bonds is 6. The van der Waals surface area contributed by atoms with Crippen LogP contribution in [0.2, 0.25) is 0 Å². The van der Waals surface area contributed by atoms with E-state index in [2.05, 4.69) is 16.8 Å². The van der Waals surface area contributed by atoms with Gasteiger partial charge in [-0.2, -0.15) is 0 Å². The molecule has 1 aromatic rings. The topological polar surface area (TPSA) is 65.9 Å². The molecular weight excluding hydrogens is 282 g/mol. The number of ether oxygens (including phenoxy) is 1. The highest BCUT2D eigenvalue weighted by molar-refractivity contribution is 5.79. The van der Waals surface area contributed by atoms with Gasteiger partial charge >= 0.3 is 0 Å². The quantitative estimate of drug-likeness (QED) is 0.831. The molecule has 2 atom stereocenters. The first-order chi connectivity index (χ1) is 10.6. The Balaban J connectivity index is 1.98. The molecule has 1 fully saturated rings. The van der Waals surface area contributed by atoms with Crippen LogP contribution in [0.1, 0.15) is 18.9 Å². The number of aliphatic hydroxyl groups is 1. The average Bonchev–Trinajstić information content (AvgIpc) is 2.89. The van der Waals surface area contributed by atoms with Gasteiger partial charge in [-0.25, -0.2) is 4.98 Å². The molecule has 2 heterocycles. The summed E-state index contributed by atoms with van der Waals surface area (Å²) in [6.07, 6.45) is 2.97. The van der Waals surface area contributed by atoms with Gasteiger partial charge in [0.2, 0.25) is 11.8 Å². The Morgan fingerprint density at radius 1 is 1.59 bits per heavy atom. The van der Waals surface area contributed by atoms with E-state index in [0.717, 1.165) is 18.5 Å². The number of carbonyl (C=O) groups excluding carboxylic acids is 1. The van der Waals surface area contributed by atoms with Crippen molar-refractivity contribution < 1.29 is 14.6 Å². The molecule has 22 heavy (non-hydrogen) atoms. The summed E-state index contributed by atoms with van der Waals surface area (Å²) in [4.78, 5) is 20.7. The SMILES string of the molecule is COc1cc(CC(=O)N2CC[C@@H](N(C)CCO)[C@H]2C)ccn1. The Hall–Kier alpha value is -1.66. The zero-order chi connectivity index (χ0) is 16.1. The molecule has 0 unspecified atom stereocenters. The number of nitrogens with zero attached hydrogens (tertiary/aromatic N) is 3. The van der Waals surface area contributed by atoms with Gasteiger partial charge in [-0.05, 0) is 32.0 Å².